The van der Waals surface area contributed by atoms with Crippen molar-refractivity contribution < 1.29 is 9.53 Å². The van der Waals surface area contributed by atoms with Gasteiger partial charge in [0.1, 0.15) is 11.6 Å². The number of anilines is 2. The second kappa shape index (κ2) is 9.24. The van der Waals surface area contributed by atoms with Crippen LogP contribution in [0.3, 0.4) is 0 Å². The number of piperazine rings is 1. The number of nitriles is 1. The molecule has 0 saturated carbocycles. The van der Waals surface area contributed by atoms with Crippen molar-refractivity contribution in [2.24, 2.45) is 5.92 Å². The van der Waals surface area contributed by atoms with Gasteiger partial charge in [-0.25, -0.2) is 4.98 Å². The van der Waals surface area contributed by atoms with Crippen LogP contribution in [0.1, 0.15) is 29.8 Å². The number of aromatic nitrogens is 2. The van der Waals surface area contributed by atoms with Crippen molar-refractivity contribution in [3.05, 3.63) is 41.6 Å². The highest BCUT2D eigenvalue weighted by Gasteiger charge is 2.23. The summed E-state index contributed by atoms with van der Waals surface area (Å²) in [4.78, 5) is 25.5. The van der Waals surface area contributed by atoms with Crippen LogP contribution in [0, 0.1) is 17.2 Å². The van der Waals surface area contributed by atoms with Crippen molar-refractivity contribution in [2.45, 2.75) is 13.8 Å². The molecule has 1 aliphatic rings. The Morgan fingerprint density at radius 2 is 1.93 bits per heavy atom. The number of hydrogen-bond acceptors (Lipinski definition) is 7. The first-order valence-electron chi connectivity index (χ1n) is 9.71. The molecule has 2 aromatic rings. The van der Waals surface area contributed by atoms with E-state index in [9.17, 15) is 10.1 Å². The van der Waals surface area contributed by atoms with Gasteiger partial charge in [0.15, 0.2) is 0 Å². The number of nitrogens with one attached hydrogen (secondary N) is 1. The van der Waals surface area contributed by atoms with Crippen LogP contribution in [-0.2, 0) is 0 Å². The molecular weight excluding hydrogens is 368 g/mol. The lowest BCUT2D eigenvalue weighted by molar-refractivity contribution is 0.0945. The molecule has 0 bridgehead atoms. The number of ether oxygens (including phenoxy) is 1. The lowest BCUT2D eigenvalue weighted by Crippen LogP contribution is -2.47. The van der Waals surface area contributed by atoms with E-state index in [0.29, 0.717) is 42.6 Å². The summed E-state index contributed by atoms with van der Waals surface area (Å²) in [6.45, 7) is 7.57. The third-order valence-electron chi connectivity index (χ3n) is 4.78. The Labute approximate surface area is 171 Å². The van der Waals surface area contributed by atoms with E-state index in [4.69, 9.17) is 4.74 Å². The highest BCUT2D eigenvalue weighted by atomic mass is 16.5. The Balaban J connectivity index is 1.69. The van der Waals surface area contributed by atoms with E-state index in [1.165, 1.54) is 13.3 Å². The quantitative estimate of drug-likeness (QED) is 0.801. The first-order valence-corrected chi connectivity index (χ1v) is 9.71. The molecule has 1 N–H and O–H groups in total. The Morgan fingerprint density at radius 1 is 1.24 bits per heavy atom. The molecule has 8 nitrogen and oxygen atoms in total. The second-order valence-corrected chi connectivity index (χ2v) is 7.30. The van der Waals surface area contributed by atoms with E-state index >= 15 is 0 Å². The molecule has 1 saturated heterocycles. The molecule has 1 aliphatic heterocycles. The fraction of sp³-hybridized carbons (Fsp3) is 0.429. The van der Waals surface area contributed by atoms with E-state index in [1.807, 2.05) is 38.1 Å². The van der Waals surface area contributed by atoms with Gasteiger partial charge in [0.05, 0.1) is 18.4 Å². The summed E-state index contributed by atoms with van der Waals surface area (Å²) in [5, 5.41) is 12.2. The molecule has 0 unspecified atom stereocenters. The van der Waals surface area contributed by atoms with Gasteiger partial charge in [-0.05, 0) is 18.1 Å². The summed E-state index contributed by atoms with van der Waals surface area (Å²) in [5.74, 6) is 0.927. The summed E-state index contributed by atoms with van der Waals surface area (Å²) in [6, 6.07) is 9.87. The van der Waals surface area contributed by atoms with Crippen LogP contribution in [0.15, 0.2) is 30.5 Å². The van der Waals surface area contributed by atoms with Gasteiger partial charge in [-0.1, -0.05) is 26.0 Å². The van der Waals surface area contributed by atoms with Crippen LogP contribution in [0.25, 0.3) is 0 Å². The zero-order valence-electron chi connectivity index (χ0n) is 17.1. The number of rotatable bonds is 6. The molecule has 29 heavy (non-hydrogen) atoms. The number of amides is 1. The van der Waals surface area contributed by atoms with Gasteiger partial charge < -0.3 is 19.9 Å². The maximum Gasteiger partial charge on any atom is 0.258 e. The number of para-hydroxylation sites is 1. The molecule has 1 fully saturated rings. The first kappa shape index (κ1) is 20.4. The minimum Gasteiger partial charge on any atom is -0.480 e. The average molecular weight is 394 g/mol. The van der Waals surface area contributed by atoms with E-state index < -0.39 is 0 Å². The molecule has 8 heteroatoms. The fourth-order valence-corrected chi connectivity index (χ4v) is 3.20. The molecule has 1 aromatic heterocycles. The number of hydrogen-bond donors (Lipinski definition) is 1. The predicted octanol–water partition coefficient (Wildman–Crippen LogP) is 2.07. The molecule has 1 aromatic carbocycles. The van der Waals surface area contributed by atoms with Gasteiger partial charge in [0, 0.05) is 38.9 Å². The van der Waals surface area contributed by atoms with Gasteiger partial charge in [-0.2, -0.15) is 10.2 Å². The number of carbonyl (C=O) groups is 1. The highest BCUT2D eigenvalue weighted by Crippen LogP contribution is 2.23. The summed E-state index contributed by atoms with van der Waals surface area (Å²) in [5.41, 5.74) is 1.96. The third kappa shape index (κ3) is 4.74. The van der Waals surface area contributed by atoms with Crippen LogP contribution in [-0.4, -0.2) is 55.7 Å². The van der Waals surface area contributed by atoms with Crippen molar-refractivity contribution in [1.29, 1.82) is 5.26 Å². The molecule has 3 rings (SSSR count). The van der Waals surface area contributed by atoms with Crippen LogP contribution < -0.4 is 19.9 Å². The monoisotopic (exact) mass is 394 g/mol. The molecule has 0 spiro atoms. The molecule has 0 aliphatic carbocycles. The lowest BCUT2D eigenvalue weighted by atomic mass is 10.1. The van der Waals surface area contributed by atoms with E-state index in [-0.39, 0.29) is 11.8 Å². The predicted molar refractivity (Wildman–Crippen MR) is 111 cm³/mol. The van der Waals surface area contributed by atoms with E-state index in [2.05, 4.69) is 31.2 Å². The average Bonchev–Trinajstić information content (AvgIpc) is 2.77. The minimum atomic E-state index is -0.236. The lowest BCUT2D eigenvalue weighted by Gasteiger charge is -2.36. The molecular formula is C21H26N6O2. The van der Waals surface area contributed by atoms with Crippen LogP contribution in [0.5, 0.6) is 5.88 Å². The van der Waals surface area contributed by atoms with Crippen molar-refractivity contribution >= 4 is 17.5 Å². The van der Waals surface area contributed by atoms with Gasteiger partial charge in [0.2, 0.25) is 11.8 Å². The van der Waals surface area contributed by atoms with Crippen LogP contribution in [0.4, 0.5) is 11.6 Å². The number of carbonyl (C=O) groups excluding carboxylic acids is 1. The SMILES string of the molecule is COc1nc(N2CCN(c3ccccc3C#N)CC2)ncc1C(=O)NCC(C)C. The normalized spacial score (nSPS) is 13.9. The zero-order chi connectivity index (χ0) is 20.8. The van der Waals surface area contributed by atoms with Crippen molar-refractivity contribution in [1.82, 2.24) is 15.3 Å². The number of methoxy groups -OCH3 is 1. The van der Waals surface area contributed by atoms with E-state index in [1.54, 1.807) is 0 Å². The van der Waals surface area contributed by atoms with Gasteiger partial charge in [-0.3, -0.25) is 4.79 Å². The Morgan fingerprint density at radius 3 is 2.59 bits per heavy atom. The van der Waals surface area contributed by atoms with Gasteiger partial charge in [-0.15, -0.1) is 0 Å². The zero-order valence-corrected chi connectivity index (χ0v) is 17.1. The molecule has 152 valence electrons. The van der Waals surface area contributed by atoms with Gasteiger partial charge in [0.25, 0.3) is 5.91 Å². The number of benzene rings is 1. The fourth-order valence-electron chi connectivity index (χ4n) is 3.20. The second-order valence-electron chi connectivity index (χ2n) is 7.30. The number of nitrogens with zero attached hydrogens (tertiary/aromatic N) is 5. The van der Waals surface area contributed by atoms with Gasteiger partial charge >= 0.3 is 0 Å². The summed E-state index contributed by atoms with van der Waals surface area (Å²) >= 11 is 0. The smallest absolute Gasteiger partial charge is 0.258 e. The maximum absolute atomic E-state index is 12.4. The molecule has 1 amide bonds. The Kier molecular flexibility index (Phi) is 6.50. The van der Waals surface area contributed by atoms with Crippen molar-refractivity contribution in [3.8, 4) is 11.9 Å². The summed E-state index contributed by atoms with van der Waals surface area (Å²) in [7, 11) is 1.50. The highest BCUT2D eigenvalue weighted by molar-refractivity contribution is 5.96. The Hall–Kier alpha value is -3.34. The van der Waals surface area contributed by atoms with Crippen LogP contribution in [0.2, 0.25) is 0 Å². The van der Waals surface area contributed by atoms with Crippen molar-refractivity contribution in [2.75, 3.05) is 49.6 Å². The maximum atomic E-state index is 12.4. The summed E-state index contributed by atoms with van der Waals surface area (Å²) < 4.78 is 5.34. The molecule has 2 heterocycles. The largest absolute Gasteiger partial charge is 0.480 e. The van der Waals surface area contributed by atoms with Crippen molar-refractivity contribution in [3.63, 3.8) is 0 Å². The topological polar surface area (TPSA) is 94.4 Å². The van der Waals surface area contributed by atoms with E-state index in [0.717, 1.165) is 18.8 Å². The van der Waals surface area contributed by atoms with Crippen LogP contribution >= 0.6 is 0 Å². The summed E-state index contributed by atoms with van der Waals surface area (Å²) in [6.07, 6.45) is 1.52. The Bertz CT molecular complexity index is 900. The first-order chi connectivity index (χ1) is 14.0. The third-order valence-corrected chi connectivity index (χ3v) is 4.78. The standard InChI is InChI=1S/C21H26N6O2/c1-15(2)13-23-19(28)17-14-24-21(25-20(17)29-3)27-10-8-26(9-11-27)18-7-5-4-6-16(18)12-22/h4-7,14-15H,8-11,13H2,1-3H3,(H,23,28). The molecule has 0 atom stereocenters. The molecule has 0 radical (unpaired) electrons. The minimum absolute atomic E-state index is 0.236.